The summed E-state index contributed by atoms with van der Waals surface area (Å²) in [6.45, 7) is 1.85. The fraction of sp³-hybridized carbons (Fsp3) is 0.133. The second kappa shape index (κ2) is 5.84. The third-order valence-electron chi connectivity index (χ3n) is 2.93. The number of nitrogens with one attached hydrogen (secondary N) is 1. The molecule has 2 rings (SSSR count). The van der Waals surface area contributed by atoms with Gasteiger partial charge in [0.2, 0.25) is 0 Å². The van der Waals surface area contributed by atoms with E-state index in [-0.39, 0.29) is 5.91 Å². The predicted molar refractivity (Wildman–Crippen MR) is 81.5 cm³/mol. The summed E-state index contributed by atoms with van der Waals surface area (Å²) in [5.74, 6) is 0.360. The molecule has 0 saturated carbocycles. The Hall–Kier alpha value is -2.20. The number of carbonyl (C=O) groups excluding carboxylic acids is 1. The van der Waals surface area contributed by atoms with Crippen LogP contribution >= 0.6 is 11.6 Å². The zero-order valence-corrected chi connectivity index (χ0v) is 12.0. The van der Waals surface area contributed by atoms with E-state index >= 15 is 0 Å². The molecule has 0 heterocycles. The zero-order chi connectivity index (χ0) is 14.7. The minimum absolute atomic E-state index is 0.259. The maximum Gasteiger partial charge on any atom is 0.256 e. The molecule has 0 fully saturated rings. The van der Waals surface area contributed by atoms with E-state index in [1.807, 2.05) is 6.92 Å². The highest BCUT2D eigenvalue weighted by Crippen LogP contribution is 2.27. The fourth-order valence-electron chi connectivity index (χ4n) is 1.80. The molecule has 5 heteroatoms. The summed E-state index contributed by atoms with van der Waals surface area (Å²) in [5.41, 5.74) is 8.11. The molecular formula is C15H15ClN2O2. The van der Waals surface area contributed by atoms with Crippen molar-refractivity contribution in [1.29, 1.82) is 0 Å². The van der Waals surface area contributed by atoms with E-state index < -0.39 is 0 Å². The van der Waals surface area contributed by atoms with Crippen LogP contribution < -0.4 is 15.8 Å². The Kier molecular flexibility index (Phi) is 4.15. The number of hydrogen-bond donors (Lipinski definition) is 2. The van der Waals surface area contributed by atoms with E-state index in [0.29, 0.717) is 27.7 Å². The van der Waals surface area contributed by atoms with Gasteiger partial charge in [-0.25, -0.2) is 0 Å². The number of anilines is 2. The lowest BCUT2D eigenvalue weighted by molar-refractivity contribution is 0.102. The van der Waals surface area contributed by atoms with E-state index in [9.17, 15) is 4.79 Å². The minimum atomic E-state index is -0.259. The Balaban J connectivity index is 2.30. The molecule has 104 valence electrons. The normalized spacial score (nSPS) is 10.2. The third-order valence-corrected chi connectivity index (χ3v) is 3.26. The first-order valence-corrected chi connectivity index (χ1v) is 6.40. The van der Waals surface area contributed by atoms with E-state index in [0.717, 1.165) is 5.56 Å². The average Bonchev–Trinajstić information content (AvgIpc) is 2.43. The largest absolute Gasteiger partial charge is 0.497 e. The number of amides is 1. The Morgan fingerprint density at radius 2 is 2.00 bits per heavy atom. The van der Waals surface area contributed by atoms with Crippen LogP contribution in [0, 0.1) is 6.92 Å². The quantitative estimate of drug-likeness (QED) is 0.851. The van der Waals surface area contributed by atoms with Gasteiger partial charge in [0.05, 0.1) is 17.8 Å². The number of ether oxygens (including phenoxy) is 1. The Bertz CT molecular complexity index is 656. The molecule has 0 aliphatic carbocycles. The molecule has 0 bridgehead atoms. The number of rotatable bonds is 3. The van der Waals surface area contributed by atoms with Crippen LogP contribution in [-0.4, -0.2) is 13.0 Å². The topological polar surface area (TPSA) is 64.3 Å². The summed E-state index contributed by atoms with van der Waals surface area (Å²) in [4.78, 5) is 12.3. The lowest BCUT2D eigenvalue weighted by Crippen LogP contribution is -2.14. The highest BCUT2D eigenvalue weighted by Gasteiger charge is 2.12. The van der Waals surface area contributed by atoms with Gasteiger partial charge in [0.15, 0.2) is 0 Å². The van der Waals surface area contributed by atoms with Crippen molar-refractivity contribution >= 4 is 28.9 Å². The van der Waals surface area contributed by atoms with E-state index in [1.54, 1.807) is 43.5 Å². The summed E-state index contributed by atoms with van der Waals surface area (Å²) in [6, 6.07) is 10.3. The molecule has 3 N–H and O–H groups in total. The Labute approximate surface area is 122 Å². The van der Waals surface area contributed by atoms with E-state index in [2.05, 4.69) is 5.32 Å². The van der Waals surface area contributed by atoms with Crippen molar-refractivity contribution in [2.24, 2.45) is 0 Å². The van der Waals surface area contributed by atoms with Crippen molar-refractivity contribution < 1.29 is 9.53 Å². The average molecular weight is 291 g/mol. The highest BCUT2D eigenvalue weighted by atomic mass is 35.5. The smallest absolute Gasteiger partial charge is 0.256 e. The molecule has 0 aliphatic rings. The third kappa shape index (κ3) is 3.03. The van der Waals surface area contributed by atoms with Crippen LogP contribution in [0.25, 0.3) is 0 Å². The molecule has 0 radical (unpaired) electrons. The molecule has 0 spiro atoms. The van der Waals surface area contributed by atoms with Crippen LogP contribution in [0.1, 0.15) is 15.9 Å². The van der Waals surface area contributed by atoms with Gasteiger partial charge in [0, 0.05) is 17.3 Å². The fourth-order valence-corrected chi connectivity index (χ4v) is 1.97. The maximum atomic E-state index is 12.3. The Morgan fingerprint density at radius 1 is 1.25 bits per heavy atom. The van der Waals surface area contributed by atoms with Crippen LogP contribution in [0.4, 0.5) is 11.4 Å². The number of halogens is 1. The molecule has 0 aromatic heterocycles. The Morgan fingerprint density at radius 3 is 2.70 bits per heavy atom. The lowest BCUT2D eigenvalue weighted by atomic mass is 10.1. The van der Waals surface area contributed by atoms with Crippen LogP contribution in [0.15, 0.2) is 36.4 Å². The second-order valence-corrected chi connectivity index (χ2v) is 4.78. The molecule has 0 saturated heterocycles. The van der Waals surface area contributed by atoms with Crippen molar-refractivity contribution in [2.75, 3.05) is 18.2 Å². The summed E-state index contributed by atoms with van der Waals surface area (Å²) < 4.78 is 5.11. The summed E-state index contributed by atoms with van der Waals surface area (Å²) in [5, 5.41) is 3.21. The number of aryl methyl sites for hydroxylation is 1. The number of carbonyl (C=O) groups is 1. The van der Waals surface area contributed by atoms with Crippen LogP contribution in [-0.2, 0) is 0 Å². The monoisotopic (exact) mass is 290 g/mol. The van der Waals surface area contributed by atoms with Gasteiger partial charge in [0.1, 0.15) is 5.75 Å². The number of benzene rings is 2. The summed E-state index contributed by atoms with van der Waals surface area (Å²) in [7, 11) is 1.55. The number of nitrogens with two attached hydrogens (primary N) is 1. The van der Waals surface area contributed by atoms with Crippen LogP contribution in [0.2, 0.25) is 5.02 Å². The van der Waals surface area contributed by atoms with Gasteiger partial charge in [-0.15, -0.1) is 0 Å². The first kappa shape index (κ1) is 14.2. The molecule has 2 aromatic carbocycles. The van der Waals surface area contributed by atoms with Gasteiger partial charge in [0.25, 0.3) is 5.91 Å². The van der Waals surface area contributed by atoms with E-state index in [1.165, 1.54) is 0 Å². The highest BCUT2D eigenvalue weighted by molar-refractivity contribution is 6.34. The van der Waals surface area contributed by atoms with Crippen molar-refractivity contribution in [3.63, 3.8) is 0 Å². The van der Waals surface area contributed by atoms with Crippen molar-refractivity contribution in [2.45, 2.75) is 6.92 Å². The first-order chi connectivity index (χ1) is 9.51. The maximum absolute atomic E-state index is 12.3. The summed E-state index contributed by atoms with van der Waals surface area (Å²) >= 11 is 6.06. The van der Waals surface area contributed by atoms with E-state index in [4.69, 9.17) is 22.1 Å². The minimum Gasteiger partial charge on any atom is -0.497 e. The van der Waals surface area contributed by atoms with Crippen molar-refractivity contribution in [1.82, 2.24) is 0 Å². The van der Waals surface area contributed by atoms with Crippen molar-refractivity contribution in [3.05, 3.63) is 52.5 Å². The number of methoxy groups -OCH3 is 1. The number of nitrogen functional groups attached to an aromatic ring is 1. The number of hydrogen-bond acceptors (Lipinski definition) is 3. The SMILES string of the molecule is COc1ccc(Cl)c(NC(=O)c2cc(N)ccc2C)c1. The first-order valence-electron chi connectivity index (χ1n) is 6.02. The molecule has 0 atom stereocenters. The van der Waals surface area contributed by atoms with Gasteiger partial charge in [-0.05, 0) is 36.8 Å². The molecule has 4 nitrogen and oxygen atoms in total. The van der Waals surface area contributed by atoms with Gasteiger partial charge < -0.3 is 15.8 Å². The second-order valence-electron chi connectivity index (χ2n) is 4.37. The van der Waals surface area contributed by atoms with Gasteiger partial charge in [-0.2, -0.15) is 0 Å². The van der Waals surface area contributed by atoms with Crippen LogP contribution in [0.5, 0.6) is 5.75 Å². The zero-order valence-electron chi connectivity index (χ0n) is 11.2. The lowest BCUT2D eigenvalue weighted by Gasteiger charge is -2.11. The standard InChI is InChI=1S/C15H15ClN2O2/c1-9-3-4-10(17)7-12(9)15(19)18-14-8-11(20-2)5-6-13(14)16/h3-8H,17H2,1-2H3,(H,18,19). The predicted octanol–water partition coefficient (Wildman–Crippen LogP) is 3.49. The molecular weight excluding hydrogens is 276 g/mol. The van der Waals surface area contributed by atoms with Crippen LogP contribution in [0.3, 0.4) is 0 Å². The molecule has 20 heavy (non-hydrogen) atoms. The molecule has 2 aromatic rings. The van der Waals surface area contributed by atoms with Crippen molar-refractivity contribution in [3.8, 4) is 5.75 Å². The van der Waals surface area contributed by atoms with Gasteiger partial charge in [-0.1, -0.05) is 17.7 Å². The van der Waals surface area contributed by atoms with Gasteiger partial charge in [-0.3, -0.25) is 4.79 Å². The van der Waals surface area contributed by atoms with Gasteiger partial charge >= 0.3 is 0 Å². The summed E-state index contributed by atoms with van der Waals surface area (Å²) in [6.07, 6.45) is 0. The molecule has 0 aliphatic heterocycles. The molecule has 0 unspecified atom stereocenters. The molecule has 1 amide bonds.